The highest BCUT2D eigenvalue weighted by atomic mass is 35.5. The molecule has 0 atom stereocenters. The molecule has 4 fully saturated rings. The summed E-state index contributed by atoms with van der Waals surface area (Å²) in [7, 11) is 0. The van der Waals surface area contributed by atoms with E-state index in [4.69, 9.17) is 14.2 Å². The number of nitrogens with zero attached hydrogens (tertiary/aromatic N) is 3. The molecule has 2 spiro atoms. The molecule has 0 unspecified atom stereocenters. The Balaban J connectivity index is 0.000000223. The van der Waals surface area contributed by atoms with Crippen molar-refractivity contribution in [3.05, 3.63) is 120 Å². The first kappa shape index (κ1) is 46.3. The van der Waals surface area contributed by atoms with Crippen molar-refractivity contribution in [1.29, 1.82) is 0 Å². The van der Waals surface area contributed by atoms with Gasteiger partial charge in [0.1, 0.15) is 28.6 Å². The quantitative estimate of drug-likeness (QED) is 0.189. The fourth-order valence-corrected chi connectivity index (χ4v) is 9.00. The third kappa shape index (κ3) is 13.9. The van der Waals surface area contributed by atoms with Gasteiger partial charge in [-0.2, -0.15) is 0 Å². The molecule has 4 heterocycles. The highest BCUT2D eigenvalue weighted by molar-refractivity contribution is 5.85. The van der Waals surface area contributed by atoms with E-state index in [2.05, 4.69) is 51.5 Å². The molecule has 8 nitrogen and oxygen atoms in total. The Morgan fingerprint density at radius 2 is 0.932 bits per heavy atom. The van der Waals surface area contributed by atoms with Crippen LogP contribution in [0.4, 0.5) is 4.79 Å². The van der Waals surface area contributed by atoms with Crippen molar-refractivity contribution in [1.82, 2.24) is 20.0 Å². The number of carbonyl (C=O) groups is 1. The number of piperidine rings is 4. The Morgan fingerprint density at radius 3 is 1.36 bits per heavy atom. The number of hydrogen-bond donors (Lipinski definition) is 1. The van der Waals surface area contributed by atoms with Gasteiger partial charge in [0.15, 0.2) is 0 Å². The number of ether oxygens (including phenoxy) is 3. The number of amides is 1. The number of hydrogen-bond acceptors (Lipinski definition) is 7. The first-order valence-electron chi connectivity index (χ1n) is 21.4. The van der Waals surface area contributed by atoms with E-state index in [1.54, 1.807) is 0 Å². The molecular weight excluding hydrogens is 779 g/mol. The van der Waals surface area contributed by atoms with Crippen LogP contribution in [-0.2, 0) is 17.8 Å². The average molecular weight is 846 g/mol. The lowest BCUT2D eigenvalue weighted by molar-refractivity contribution is -0.00313. The molecule has 8 rings (SSSR count). The largest absolute Gasteiger partial charge is 0.457 e. The minimum atomic E-state index is -0.430. The second-order valence-corrected chi connectivity index (χ2v) is 17.9. The van der Waals surface area contributed by atoms with E-state index in [1.165, 1.54) is 75.8 Å². The summed E-state index contributed by atoms with van der Waals surface area (Å²) < 4.78 is 17.5. The van der Waals surface area contributed by atoms with Crippen LogP contribution in [0.1, 0.15) is 83.3 Å². The second-order valence-electron chi connectivity index (χ2n) is 17.9. The van der Waals surface area contributed by atoms with Crippen LogP contribution in [-0.4, -0.2) is 78.8 Å². The first-order chi connectivity index (χ1) is 27.6. The van der Waals surface area contributed by atoms with Gasteiger partial charge < -0.3 is 24.4 Å². The van der Waals surface area contributed by atoms with Crippen molar-refractivity contribution in [2.45, 2.75) is 90.8 Å². The Hall–Kier alpha value is -3.79. The molecule has 4 aromatic rings. The van der Waals surface area contributed by atoms with E-state index >= 15 is 0 Å². The average Bonchev–Trinajstić information content (AvgIpc) is 3.21. The Kier molecular flexibility index (Phi) is 17.0. The van der Waals surface area contributed by atoms with Gasteiger partial charge >= 0.3 is 6.09 Å². The summed E-state index contributed by atoms with van der Waals surface area (Å²) in [5.74, 6) is 3.57. The maximum Gasteiger partial charge on any atom is 0.410 e. The van der Waals surface area contributed by atoms with Crippen molar-refractivity contribution >= 4 is 30.9 Å². The van der Waals surface area contributed by atoms with Gasteiger partial charge in [-0.1, -0.05) is 60.7 Å². The molecule has 0 aromatic heterocycles. The van der Waals surface area contributed by atoms with Gasteiger partial charge in [0, 0.05) is 26.2 Å². The number of halogens is 2. The predicted octanol–water partition coefficient (Wildman–Crippen LogP) is 11.4. The highest BCUT2D eigenvalue weighted by Gasteiger charge is 2.39. The molecule has 1 N–H and O–H groups in total. The lowest BCUT2D eigenvalue weighted by Crippen LogP contribution is -2.49. The molecule has 0 bridgehead atoms. The fourth-order valence-electron chi connectivity index (χ4n) is 9.00. The number of carbonyl (C=O) groups excluding carboxylic acids is 1. The maximum absolute atomic E-state index is 12.4. The molecule has 4 saturated heterocycles. The summed E-state index contributed by atoms with van der Waals surface area (Å²) in [4.78, 5) is 19.4. The number of rotatable bonds is 8. The molecule has 4 aliphatic heterocycles. The van der Waals surface area contributed by atoms with Crippen molar-refractivity contribution in [3.63, 3.8) is 0 Å². The van der Waals surface area contributed by atoms with Crippen LogP contribution in [0.15, 0.2) is 109 Å². The summed E-state index contributed by atoms with van der Waals surface area (Å²) in [5, 5.41) is 3.51. The topological polar surface area (TPSA) is 66.5 Å². The molecule has 10 heteroatoms. The third-order valence-corrected chi connectivity index (χ3v) is 12.5. The van der Waals surface area contributed by atoms with Crippen LogP contribution >= 0.6 is 24.8 Å². The molecule has 4 aliphatic rings. The standard InChI is InChI=1S/C27H36N2O3.C22H28N2O.2ClH/c1-26(2,3)32-25(30)29-18-14-27(15-19-29)12-16-28(17-13-27)21-22-8-7-11-24(20-22)31-23-9-5-4-6-10-23;1-2-6-20(7-3-1)25-21-8-4-5-19(17-21)18-24-15-11-22(12-16-24)9-13-23-14-10-22;;/h4-11,20H,12-19,21H2,1-3H3;1-8,17,23H,9-16,18H2;2*1H. The van der Waals surface area contributed by atoms with Crippen LogP contribution < -0.4 is 14.8 Å². The molecule has 0 saturated carbocycles. The van der Waals surface area contributed by atoms with Gasteiger partial charge in [0.25, 0.3) is 0 Å². The van der Waals surface area contributed by atoms with Crippen LogP contribution in [0.25, 0.3) is 0 Å². The predicted molar refractivity (Wildman–Crippen MR) is 243 cm³/mol. The SMILES string of the molecule is CC(C)(C)OC(=O)N1CCC2(CCN(Cc3cccc(Oc4ccccc4)c3)CC2)CC1.Cl.Cl.c1ccc(Oc2cccc(CN3CCC4(CCNCC4)CC3)c2)cc1. The lowest BCUT2D eigenvalue weighted by atomic mass is 9.71. The van der Waals surface area contributed by atoms with Gasteiger partial charge in [-0.15, -0.1) is 24.8 Å². The molecule has 4 aromatic carbocycles. The van der Waals surface area contributed by atoms with E-state index in [1.807, 2.05) is 98.5 Å². The number of nitrogens with one attached hydrogen (secondary N) is 1. The monoisotopic (exact) mass is 844 g/mol. The number of benzene rings is 4. The summed E-state index contributed by atoms with van der Waals surface area (Å²) >= 11 is 0. The summed E-state index contributed by atoms with van der Waals surface area (Å²) in [6.45, 7) is 16.5. The Labute approximate surface area is 365 Å². The zero-order chi connectivity index (χ0) is 39.6. The van der Waals surface area contributed by atoms with Crippen LogP contribution in [0.2, 0.25) is 0 Å². The molecule has 320 valence electrons. The van der Waals surface area contributed by atoms with Gasteiger partial charge in [0.2, 0.25) is 0 Å². The molecule has 1 amide bonds. The Morgan fingerprint density at radius 1 is 0.542 bits per heavy atom. The number of likely N-dealkylation sites (tertiary alicyclic amines) is 3. The maximum atomic E-state index is 12.4. The summed E-state index contributed by atoms with van der Waals surface area (Å²) in [6, 6.07) is 36.9. The Bertz CT molecular complexity index is 1840. The summed E-state index contributed by atoms with van der Waals surface area (Å²) in [5.41, 5.74) is 3.21. The van der Waals surface area contributed by atoms with E-state index < -0.39 is 5.60 Å². The number of para-hydroxylation sites is 2. The molecular formula is C49H66Cl2N4O4. The lowest BCUT2D eigenvalue weighted by Gasteiger charge is -2.46. The molecule has 0 radical (unpaired) electrons. The van der Waals surface area contributed by atoms with Crippen molar-refractivity contribution in [2.75, 3.05) is 52.4 Å². The van der Waals surface area contributed by atoms with Crippen LogP contribution in [0.3, 0.4) is 0 Å². The van der Waals surface area contributed by atoms with Gasteiger partial charge in [-0.05, 0) is 182 Å². The van der Waals surface area contributed by atoms with Gasteiger partial charge in [0.05, 0.1) is 0 Å². The van der Waals surface area contributed by atoms with E-state index in [-0.39, 0.29) is 30.9 Å². The fraction of sp³-hybridized carbons (Fsp3) is 0.490. The first-order valence-corrected chi connectivity index (χ1v) is 21.4. The van der Waals surface area contributed by atoms with Gasteiger partial charge in [-0.25, -0.2) is 4.79 Å². The van der Waals surface area contributed by atoms with Crippen LogP contribution in [0, 0.1) is 10.8 Å². The highest BCUT2D eigenvalue weighted by Crippen LogP contribution is 2.42. The van der Waals surface area contributed by atoms with E-state index in [0.29, 0.717) is 10.8 Å². The summed E-state index contributed by atoms with van der Waals surface area (Å²) in [6.07, 6.45) is 9.85. The van der Waals surface area contributed by atoms with Crippen molar-refractivity contribution < 1.29 is 19.0 Å². The zero-order valence-electron chi connectivity index (χ0n) is 35.4. The second kappa shape index (κ2) is 21.6. The smallest absolute Gasteiger partial charge is 0.410 e. The minimum Gasteiger partial charge on any atom is -0.457 e. The third-order valence-electron chi connectivity index (χ3n) is 12.5. The van der Waals surface area contributed by atoms with E-state index in [0.717, 1.165) is 75.1 Å². The van der Waals surface area contributed by atoms with E-state index in [9.17, 15) is 4.79 Å². The normalized spacial score (nSPS) is 19.0. The molecule has 0 aliphatic carbocycles. The van der Waals surface area contributed by atoms with Crippen LogP contribution in [0.5, 0.6) is 23.0 Å². The zero-order valence-corrected chi connectivity index (χ0v) is 37.0. The minimum absolute atomic E-state index is 0. The molecule has 59 heavy (non-hydrogen) atoms. The van der Waals surface area contributed by atoms with Crippen molar-refractivity contribution in [3.8, 4) is 23.0 Å². The van der Waals surface area contributed by atoms with Crippen molar-refractivity contribution in [2.24, 2.45) is 10.8 Å². The van der Waals surface area contributed by atoms with Gasteiger partial charge in [-0.3, -0.25) is 9.80 Å².